The van der Waals surface area contributed by atoms with Crippen molar-refractivity contribution in [3.63, 3.8) is 0 Å². The first-order valence-corrected chi connectivity index (χ1v) is 8.57. The Morgan fingerprint density at radius 3 is 2.83 bits per heavy atom. The van der Waals surface area contributed by atoms with Crippen LogP contribution in [-0.4, -0.2) is 35.6 Å². The second-order valence-corrected chi connectivity index (χ2v) is 6.56. The molecule has 1 saturated heterocycles. The molecule has 0 spiro atoms. The van der Waals surface area contributed by atoms with E-state index in [2.05, 4.69) is 46.5 Å². The summed E-state index contributed by atoms with van der Waals surface area (Å²) in [7, 11) is 0. The Bertz CT molecular complexity index is 661. The van der Waals surface area contributed by atoms with E-state index in [0.29, 0.717) is 19.4 Å². The van der Waals surface area contributed by atoms with E-state index in [1.165, 1.54) is 11.1 Å². The summed E-state index contributed by atoms with van der Waals surface area (Å²) >= 11 is 0. The number of H-pyrrole nitrogens is 1. The number of carbonyl (C=O) groups excluding carboxylic acids is 1. The van der Waals surface area contributed by atoms with Gasteiger partial charge >= 0.3 is 0 Å². The predicted octanol–water partition coefficient (Wildman–Crippen LogP) is 2.52. The fraction of sp³-hybridized carbons (Fsp3) is 0.474. The molecule has 1 amide bonds. The Morgan fingerprint density at radius 1 is 1.33 bits per heavy atom. The molecule has 1 aromatic heterocycles. The van der Waals surface area contributed by atoms with Crippen LogP contribution in [0.5, 0.6) is 0 Å². The van der Waals surface area contributed by atoms with Gasteiger partial charge in [0.15, 0.2) is 0 Å². The highest BCUT2D eigenvalue weighted by atomic mass is 16.5. The number of aryl methyl sites for hydroxylation is 2. The van der Waals surface area contributed by atoms with E-state index >= 15 is 0 Å². The van der Waals surface area contributed by atoms with Gasteiger partial charge < -0.3 is 15.0 Å². The van der Waals surface area contributed by atoms with Crippen LogP contribution in [0.2, 0.25) is 0 Å². The molecule has 5 heteroatoms. The molecular formula is C19H25N3O2. The second kappa shape index (κ2) is 7.62. The Kier molecular flexibility index (Phi) is 5.30. The largest absolute Gasteiger partial charge is 0.381 e. The summed E-state index contributed by atoms with van der Waals surface area (Å²) in [6.45, 7) is 4.31. The Labute approximate surface area is 142 Å². The van der Waals surface area contributed by atoms with Gasteiger partial charge in [-0.1, -0.05) is 24.3 Å². The third-order valence-electron chi connectivity index (χ3n) is 4.97. The molecule has 1 fully saturated rings. The van der Waals surface area contributed by atoms with Crippen LogP contribution in [0.3, 0.4) is 0 Å². The van der Waals surface area contributed by atoms with Gasteiger partial charge in [-0.05, 0) is 37.3 Å². The first kappa shape index (κ1) is 16.7. The van der Waals surface area contributed by atoms with Gasteiger partial charge in [0.25, 0.3) is 0 Å². The summed E-state index contributed by atoms with van der Waals surface area (Å²) in [5, 5.41) is 3.15. The topological polar surface area (TPSA) is 67.0 Å². The quantitative estimate of drug-likeness (QED) is 0.857. The van der Waals surface area contributed by atoms with E-state index in [1.54, 1.807) is 12.5 Å². The number of ether oxygens (including phenoxy) is 1. The molecular weight excluding hydrogens is 302 g/mol. The minimum absolute atomic E-state index is 0.0206. The highest BCUT2D eigenvalue weighted by molar-refractivity contribution is 5.76. The van der Waals surface area contributed by atoms with Crippen molar-refractivity contribution < 1.29 is 9.53 Å². The number of nitrogens with zero attached hydrogens (tertiary/aromatic N) is 1. The summed E-state index contributed by atoms with van der Waals surface area (Å²) in [5.41, 5.74) is 3.59. The smallest absolute Gasteiger partial charge is 0.220 e. The lowest BCUT2D eigenvalue weighted by Crippen LogP contribution is -2.45. The first-order valence-electron chi connectivity index (χ1n) is 8.57. The average Bonchev–Trinajstić information content (AvgIpc) is 3.13. The minimum atomic E-state index is -0.0206. The average molecular weight is 327 g/mol. The van der Waals surface area contributed by atoms with E-state index in [9.17, 15) is 4.79 Å². The van der Waals surface area contributed by atoms with Crippen LogP contribution in [-0.2, 0) is 21.4 Å². The highest BCUT2D eigenvalue weighted by Gasteiger charge is 2.35. The van der Waals surface area contributed by atoms with Crippen molar-refractivity contribution in [2.75, 3.05) is 19.8 Å². The second-order valence-electron chi connectivity index (χ2n) is 6.56. The maximum Gasteiger partial charge on any atom is 0.220 e. The summed E-state index contributed by atoms with van der Waals surface area (Å²) in [4.78, 5) is 19.3. The molecule has 0 atom stereocenters. The van der Waals surface area contributed by atoms with E-state index in [0.717, 1.165) is 31.7 Å². The van der Waals surface area contributed by atoms with Crippen molar-refractivity contribution >= 4 is 5.91 Å². The van der Waals surface area contributed by atoms with Crippen molar-refractivity contribution in [2.45, 2.75) is 38.0 Å². The molecule has 128 valence electrons. The number of aromatic amines is 1. The lowest BCUT2D eigenvalue weighted by molar-refractivity contribution is -0.121. The van der Waals surface area contributed by atoms with E-state index in [4.69, 9.17) is 4.74 Å². The zero-order valence-electron chi connectivity index (χ0n) is 14.2. The maximum atomic E-state index is 12.3. The molecule has 0 aliphatic carbocycles. The van der Waals surface area contributed by atoms with Crippen LogP contribution in [0.25, 0.3) is 0 Å². The normalized spacial score (nSPS) is 16.7. The van der Waals surface area contributed by atoms with Crippen LogP contribution in [0, 0.1) is 6.92 Å². The van der Waals surface area contributed by atoms with E-state index in [-0.39, 0.29) is 11.3 Å². The lowest BCUT2D eigenvalue weighted by atomic mass is 9.72. The van der Waals surface area contributed by atoms with Gasteiger partial charge in [0.05, 0.1) is 6.33 Å². The molecule has 0 bridgehead atoms. The number of benzene rings is 1. The zero-order chi connectivity index (χ0) is 16.8. The summed E-state index contributed by atoms with van der Waals surface area (Å²) in [6.07, 6.45) is 6.45. The molecule has 3 rings (SSSR count). The van der Waals surface area contributed by atoms with Crippen molar-refractivity contribution in [3.8, 4) is 0 Å². The number of rotatable bonds is 6. The number of hydrogen-bond acceptors (Lipinski definition) is 3. The fourth-order valence-electron chi connectivity index (χ4n) is 3.50. The van der Waals surface area contributed by atoms with Gasteiger partial charge in [0.2, 0.25) is 5.91 Å². The number of amides is 1. The maximum absolute atomic E-state index is 12.3. The van der Waals surface area contributed by atoms with Gasteiger partial charge in [-0.3, -0.25) is 4.79 Å². The van der Waals surface area contributed by atoms with E-state index in [1.807, 2.05) is 0 Å². The van der Waals surface area contributed by atoms with E-state index < -0.39 is 0 Å². The van der Waals surface area contributed by atoms with Crippen molar-refractivity contribution in [2.24, 2.45) is 0 Å². The molecule has 2 heterocycles. The van der Waals surface area contributed by atoms with Gasteiger partial charge in [-0.2, -0.15) is 0 Å². The number of carbonyl (C=O) groups is 1. The van der Waals surface area contributed by atoms with Crippen LogP contribution < -0.4 is 5.32 Å². The molecule has 0 radical (unpaired) electrons. The minimum Gasteiger partial charge on any atom is -0.381 e. The molecule has 5 nitrogen and oxygen atoms in total. The Balaban J connectivity index is 1.64. The number of hydrogen-bond donors (Lipinski definition) is 2. The highest BCUT2D eigenvalue weighted by Crippen LogP contribution is 2.36. The standard InChI is InChI=1S/C19H25N3O2/c1-15-4-2-3-5-17(15)19(8-10-24-11-9-19)13-21-18(23)7-6-16-12-20-14-22-16/h2-5,12,14H,6-11,13H2,1H3,(H,20,22)(H,21,23). The van der Waals surface area contributed by atoms with Crippen molar-refractivity contribution in [1.29, 1.82) is 0 Å². The molecule has 1 aliphatic rings. The molecule has 24 heavy (non-hydrogen) atoms. The number of imidazole rings is 1. The summed E-state index contributed by atoms with van der Waals surface area (Å²) in [6, 6.07) is 8.48. The monoisotopic (exact) mass is 327 g/mol. The number of nitrogens with one attached hydrogen (secondary N) is 2. The third kappa shape index (κ3) is 3.85. The molecule has 1 aliphatic heterocycles. The van der Waals surface area contributed by atoms with Crippen LogP contribution in [0.15, 0.2) is 36.8 Å². The summed E-state index contributed by atoms with van der Waals surface area (Å²) < 4.78 is 5.57. The van der Waals surface area contributed by atoms with Crippen LogP contribution >= 0.6 is 0 Å². The lowest BCUT2D eigenvalue weighted by Gasteiger charge is -2.39. The van der Waals surface area contributed by atoms with Crippen molar-refractivity contribution in [3.05, 3.63) is 53.6 Å². The van der Waals surface area contributed by atoms with Crippen LogP contribution in [0.1, 0.15) is 36.1 Å². The van der Waals surface area contributed by atoms with Crippen LogP contribution in [0.4, 0.5) is 0 Å². The SMILES string of the molecule is Cc1ccccc1C1(CNC(=O)CCc2cnc[nH]2)CCOCC1. The summed E-state index contributed by atoms with van der Waals surface area (Å²) in [5.74, 6) is 0.0871. The molecule has 2 N–H and O–H groups in total. The number of aromatic nitrogens is 2. The molecule has 0 saturated carbocycles. The third-order valence-corrected chi connectivity index (χ3v) is 4.97. The van der Waals surface area contributed by atoms with Gasteiger partial charge in [-0.15, -0.1) is 0 Å². The van der Waals surface area contributed by atoms with Gasteiger partial charge in [-0.25, -0.2) is 4.98 Å². The first-order chi connectivity index (χ1) is 11.7. The van der Waals surface area contributed by atoms with Gasteiger partial charge in [0, 0.05) is 43.5 Å². The fourth-order valence-corrected chi connectivity index (χ4v) is 3.50. The van der Waals surface area contributed by atoms with Gasteiger partial charge in [0.1, 0.15) is 0 Å². The Morgan fingerprint density at radius 2 is 2.12 bits per heavy atom. The molecule has 1 aromatic carbocycles. The predicted molar refractivity (Wildman–Crippen MR) is 92.8 cm³/mol. The van der Waals surface area contributed by atoms with Crippen molar-refractivity contribution in [1.82, 2.24) is 15.3 Å². The molecule has 0 unspecified atom stereocenters. The zero-order valence-corrected chi connectivity index (χ0v) is 14.2. The Hall–Kier alpha value is -2.14. The molecule has 2 aromatic rings.